The number of aliphatic carboxylic acids is 1. The van der Waals surface area contributed by atoms with Gasteiger partial charge in [-0.05, 0) is 116 Å². The average Bonchev–Trinajstić information content (AvgIpc) is 3.40. The smallest absolute Gasteiger partial charge is 0.306 e. The van der Waals surface area contributed by atoms with Gasteiger partial charge in [-0.15, -0.1) is 0 Å². The number of nitrogens with zero attached hydrogens (tertiary/aromatic N) is 1. The van der Waals surface area contributed by atoms with Gasteiger partial charge in [-0.3, -0.25) is 9.59 Å². The highest BCUT2D eigenvalue weighted by atomic mass is 16.7. The number of hydrogen-bond acceptors (Lipinski definition) is 8. The molecule has 9 heteroatoms. The molecule has 0 saturated heterocycles. The number of allylic oxidation sites excluding steroid dienone is 22. The SMILES string of the molecule is CC/C=C\C/C=C\C/C=C\C/C=C\C/C=C\C/C=C\C/C=C\C/C=C\CCCCCCCCC(=O)OC(COC(=O)CCCCCCCC/C=C\C/C=C\C/C=C\CCCCCCC)COC(OCC[N+](C)(C)C)C(=O)[O-]. The van der Waals surface area contributed by atoms with E-state index < -0.39 is 24.3 Å². The van der Waals surface area contributed by atoms with Crippen molar-refractivity contribution in [3.8, 4) is 0 Å². The highest BCUT2D eigenvalue weighted by Gasteiger charge is 2.22. The molecule has 0 aromatic rings. The lowest BCUT2D eigenvalue weighted by Crippen LogP contribution is -2.44. The zero-order valence-corrected chi connectivity index (χ0v) is 49.5. The Balaban J connectivity index is 4.33. The number of rotatable bonds is 54. The molecule has 0 heterocycles. The first kappa shape index (κ1) is 72.4. The van der Waals surface area contributed by atoms with Crippen LogP contribution in [0.1, 0.15) is 219 Å². The first-order valence-corrected chi connectivity index (χ1v) is 30.3. The fourth-order valence-electron chi connectivity index (χ4n) is 7.73. The molecular formula is C68H111NO8. The summed E-state index contributed by atoms with van der Waals surface area (Å²) >= 11 is 0. The van der Waals surface area contributed by atoms with Gasteiger partial charge in [-0.1, -0.05) is 225 Å². The summed E-state index contributed by atoms with van der Waals surface area (Å²) in [6, 6.07) is 0. The van der Waals surface area contributed by atoms with Gasteiger partial charge in [0.2, 0.25) is 0 Å². The van der Waals surface area contributed by atoms with Gasteiger partial charge in [-0.2, -0.15) is 0 Å². The van der Waals surface area contributed by atoms with Gasteiger partial charge in [0.15, 0.2) is 12.4 Å². The molecule has 0 rings (SSSR count). The largest absolute Gasteiger partial charge is 0.545 e. The first-order valence-electron chi connectivity index (χ1n) is 30.3. The first-order chi connectivity index (χ1) is 37.6. The number of carbonyl (C=O) groups excluding carboxylic acids is 3. The summed E-state index contributed by atoms with van der Waals surface area (Å²) in [5.74, 6) is -2.34. The predicted octanol–water partition coefficient (Wildman–Crippen LogP) is 16.9. The van der Waals surface area contributed by atoms with Crippen molar-refractivity contribution in [1.29, 1.82) is 0 Å². The van der Waals surface area contributed by atoms with Crippen molar-refractivity contribution < 1.29 is 42.9 Å². The minimum absolute atomic E-state index is 0.134. The van der Waals surface area contributed by atoms with Crippen molar-refractivity contribution in [2.75, 3.05) is 47.5 Å². The lowest BCUT2D eigenvalue weighted by molar-refractivity contribution is -0.870. The van der Waals surface area contributed by atoms with E-state index in [1.54, 1.807) is 0 Å². The second-order valence-corrected chi connectivity index (χ2v) is 20.9. The minimum atomic E-state index is -1.64. The summed E-state index contributed by atoms with van der Waals surface area (Å²) in [6.07, 6.45) is 79.2. The second-order valence-electron chi connectivity index (χ2n) is 20.9. The van der Waals surface area contributed by atoms with E-state index in [0.717, 1.165) is 141 Å². The molecule has 77 heavy (non-hydrogen) atoms. The number of ether oxygens (including phenoxy) is 4. The number of unbranched alkanes of at least 4 members (excludes halogenated alkanes) is 17. The molecule has 436 valence electrons. The Hall–Kier alpha value is -4.57. The molecule has 2 unspecified atom stereocenters. The van der Waals surface area contributed by atoms with Gasteiger partial charge in [0, 0.05) is 12.8 Å². The van der Waals surface area contributed by atoms with Crippen LogP contribution in [-0.4, -0.2) is 82.3 Å². The summed E-state index contributed by atoms with van der Waals surface area (Å²) in [7, 11) is 5.90. The van der Waals surface area contributed by atoms with Gasteiger partial charge in [0.25, 0.3) is 0 Å². The van der Waals surface area contributed by atoms with Gasteiger partial charge < -0.3 is 33.3 Å². The van der Waals surface area contributed by atoms with Crippen LogP contribution in [0.15, 0.2) is 134 Å². The van der Waals surface area contributed by atoms with E-state index in [0.29, 0.717) is 23.9 Å². The van der Waals surface area contributed by atoms with E-state index in [1.165, 1.54) is 38.5 Å². The van der Waals surface area contributed by atoms with Crippen LogP contribution < -0.4 is 5.11 Å². The third kappa shape index (κ3) is 58.9. The maximum absolute atomic E-state index is 12.9. The summed E-state index contributed by atoms with van der Waals surface area (Å²) in [6.45, 7) is 4.57. The standard InChI is InChI=1S/C68H111NO8/c1-6-8-10-12-14-16-18-20-22-24-26-28-29-30-31-32-33-34-35-36-37-39-41-43-45-47-49-51-53-55-57-59-66(71)77-64(63-76-68(67(72)73)74-61-60-69(3,4)5)62-75-65(70)58-56-54-52-50-48-46-44-42-40-38-27-25-23-21-19-17-15-13-11-9-7-2/h8,10,14,16,19-22,25-28,30-31,33-34,36-37,40-43,64,68H,6-7,9,11-13,15,17-18,23-24,29,32,35,38-39,44-63H2,1-5H3/b10-8-,16-14-,21-19-,22-20-,27-25-,28-26-,31-30-,34-33-,37-36-,42-40-,43-41-. The number of carboxylic acid groups (broad SMARTS) is 1. The van der Waals surface area contributed by atoms with Gasteiger partial charge >= 0.3 is 11.9 Å². The summed E-state index contributed by atoms with van der Waals surface area (Å²) < 4.78 is 22.7. The highest BCUT2D eigenvalue weighted by molar-refractivity contribution is 5.70. The van der Waals surface area contributed by atoms with E-state index in [2.05, 4.69) is 148 Å². The predicted molar refractivity (Wildman–Crippen MR) is 324 cm³/mol. The summed E-state index contributed by atoms with van der Waals surface area (Å²) in [5, 5.41) is 11.8. The molecule has 0 aromatic heterocycles. The van der Waals surface area contributed by atoms with Crippen LogP contribution in [0.3, 0.4) is 0 Å². The van der Waals surface area contributed by atoms with Crippen LogP contribution in [0, 0.1) is 0 Å². The Kier molecular flexibility index (Phi) is 54.2. The van der Waals surface area contributed by atoms with Crippen LogP contribution in [0.5, 0.6) is 0 Å². The monoisotopic (exact) mass is 1070 g/mol. The van der Waals surface area contributed by atoms with E-state index in [1.807, 2.05) is 21.1 Å². The van der Waals surface area contributed by atoms with Crippen LogP contribution in [-0.2, 0) is 33.3 Å². The number of carbonyl (C=O) groups is 3. The maximum atomic E-state index is 12.9. The zero-order valence-electron chi connectivity index (χ0n) is 49.5. The second kappa shape index (κ2) is 57.6. The molecule has 9 nitrogen and oxygen atoms in total. The Labute approximate surface area is 471 Å². The molecule has 0 aliphatic carbocycles. The van der Waals surface area contributed by atoms with Crippen molar-refractivity contribution in [2.24, 2.45) is 0 Å². The lowest BCUT2D eigenvalue weighted by atomic mass is 10.1. The molecule has 0 fully saturated rings. The molecule has 2 atom stereocenters. The van der Waals surface area contributed by atoms with E-state index >= 15 is 0 Å². The van der Waals surface area contributed by atoms with Crippen molar-refractivity contribution in [3.05, 3.63) is 134 Å². The number of quaternary nitrogens is 1. The molecule has 0 radical (unpaired) electrons. The summed E-state index contributed by atoms with van der Waals surface area (Å²) in [4.78, 5) is 37.3. The van der Waals surface area contributed by atoms with Crippen LogP contribution in [0.25, 0.3) is 0 Å². The van der Waals surface area contributed by atoms with E-state index in [-0.39, 0.29) is 38.6 Å². The Bertz CT molecular complexity index is 1720. The number of carboxylic acids is 1. The molecule has 0 aromatic carbocycles. The van der Waals surface area contributed by atoms with Gasteiger partial charge in [0.1, 0.15) is 13.2 Å². The van der Waals surface area contributed by atoms with Gasteiger partial charge in [0.05, 0.1) is 40.3 Å². The number of hydrogen-bond donors (Lipinski definition) is 0. The Morgan fingerprint density at radius 3 is 1.10 bits per heavy atom. The molecule has 0 spiro atoms. The fraction of sp³-hybridized carbons (Fsp3) is 0.632. The van der Waals surface area contributed by atoms with Crippen molar-refractivity contribution in [2.45, 2.75) is 232 Å². The topological polar surface area (TPSA) is 111 Å². The van der Waals surface area contributed by atoms with Crippen molar-refractivity contribution in [1.82, 2.24) is 0 Å². The molecule has 0 amide bonds. The molecular weight excluding hydrogens is 959 g/mol. The minimum Gasteiger partial charge on any atom is -0.545 e. The molecule has 0 aliphatic rings. The molecule has 0 N–H and O–H groups in total. The number of esters is 2. The van der Waals surface area contributed by atoms with Gasteiger partial charge in [-0.25, -0.2) is 0 Å². The van der Waals surface area contributed by atoms with E-state index in [4.69, 9.17) is 18.9 Å². The average molecular weight is 1070 g/mol. The molecule has 0 bridgehead atoms. The normalized spacial score (nSPS) is 13.7. The Morgan fingerprint density at radius 1 is 0.403 bits per heavy atom. The van der Waals surface area contributed by atoms with Crippen LogP contribution >= 0.6 is 0 Å². The Morgan fingerprint density at radius 2 is 0.740 bits per heavy atom. The van der Waals surface area contributed by atoms with E-state index in [9.17, 15) is 19.5 Å². The highest BCUT2D eigenvalue weighted by Crippen LogP contribution is 2.14. The number of likely N-dealkylation sites (N-methyl/N-ethyl adjacent to an activating group) is 1. The van der Waals surface area contributed by atoms with Crippen LogP contribution in [0.2, 0.25) is 0 Å². The van der Waals surface area contributed by atoms with Crippen molar-refractivity contribution >= 4 is 17.9 Å². The fourth-order valence-corrected chi connectivity index (χ4v) is 7.73. The summed E-state index contributed by atoms with van der Waals surface area (Å²) in [5.41, 5.74) is 0. The zero-order chi connectivity index (χ0) is 56.2. The molecule has 0 aliphatic heterocycles. The third-order valence-electron chi connectivity index (χ3n) is 12.4. The lowest BCUT2D eigenvalue weighted by Gasteiger charge is -2.26. The van der Waals surface area contributed by atoms with Crippen LogP contribution in [0.4, 0.5) is 0 Å². The quantitative estimate of drug-likeness (QED) is 0.0195. The molecule has 0 saturated carbocycles. The van der Waals surface area contributed by atoms with Crippen molar-refractivity contribution in [3.63, 3.8) is 0 Å². The maximum Gasteiger partial charge on any atom is 0.306 e. The third-order valence-corrected chi connectivity index (χ3v) is 12.4.